The molecule has 0 radical (unpaired) electrons. The molecule has 0 amide bonds. The van der Waals surface area contributed by atoms with Gasteiger partial charge in [-0.1, -0.05) is 41.9 Å². The Labute approximate surface area is 157 Å². The van der Waals surface area contributed by atoms with Crippen molar-refractivity contribution < 1.29 is 14.6 Å². The molecule has 1 aliphatic heterocycles. The number of ether oxygens (including phenoxy) is 1. The number of aromatic carboxylic acids is 1. The largest absolute Gasteiger partial charge is 0.478 e. The number of quaternary nitrogens is 1. The smallest absolute Gasteiger partial charge is 0.335 e. The van der Waals surface area contributed by atoms with Crippen LogP contribution in [0.1, 0.15) is 15.9 Å². The lowest BCUT2D eigenvalue weighted by atomic mass is 9.97. The molecular formula is C20H20ClN2O3+. The maximum atomic E-state index is 11.5. The summed E-state index contributed by atoms with van der Waals surface area (Å²) in [5, 5.41) is 20.1. The Balaban J connectivity index is 2.05. The number of halogens is 1. The second kappa shape index (κ2) is 7.88. The van der Waals surface area contributed by atoms with E-state index in [2.05, 4.69) is 6.07 Å². The Morgan fingerprint density at radius 1 is 1.19 bits per heavy atom. The molecule has 0 bridgehead atoms. The molecule has 0 aromatic heterocycles. The van der Waals surface area contributed by atoms with Gasteiger partial charge < -0.3 is 9.84 Å². The van der Waals surface area contributed by atoms with Gasteiger partial charge in [0.25, 0.3) is 0 Å². The molecule has 134 valence electrons. The molecule has 5 nitrogen and oxygen atoms in total. The maximum absolute atomic E-state index is 11.5. The van der Waals surface area contributed by atoms with Gasteiger partial charge in [-0.2, -0.15) is 5.26 Å². The summed E-state index contributed by atoms with van der Waals surface area (Å²) in [5.41, 5.74) is 1.78. The third-order valence-corrected chi connectivity index (χ3v) is 5.33. The number of hydrogen-bond acceptors (Lipinski definition) is 3. The molecule has 6 heteroatoms. The summed E-state index contributed by atoms with van der Waals surface area (Å²) >= 11 is 6.47. The van der Waals surface area contributed by atoms with Gasteiger partial charge in [-0.05, 0) is 17.7 Å². The molecule has 1 heterocycles. The highest BCUT2D eigenvalue weighted by Crippen LogP contribution is 2.36. The number of carboxylic acids is 1. The number of benzene rings is 2. The van der Waals surface area contributed by atoms with Crippen LogP contribution in [0.2, 0.25) is 5.02 Å². The van der Waals surface area contributed by atoms with Crippen molar-refractivity contribution in [3.8, 4) is 6.07 Å². The highest BCUT2D eigenvalue weighted by atomic mass is 35.5. The summed E-state index contributed by atoms with van der Waals surface area (Å²) in [4.78, 5) is 11.5. The van der Waals surface area contributed by atoms with E-state index in [-0.39, 0.29) is 5.56 Å². The maximum Gasteiger partial charge on any atom is 0.335 e. The van der Waals surface area contributed by atoms with Gasteiger partial charge in [-0.15, -0.1) is 0 Å². The van der Waals surface area contributed by atoms with Crippen molar-refractivity contribution in [2.45, 2.75) is 12.5 Å². The first-order chi connectivity index (χ1) is 12.6. The number of rotatable bonds is 5. The average Bonchev–Trinajstić information content (AvgIpc) is 2.67. The van der Waals surface area contributed by atoms with Crippen LogP contribution in [0.3, 0.4) is 0 Å². The van der Waals surface area contributed by atoms with Gasteiger partial charge in [0.1, 0.15) is 24.2 Å². The van der Waals surface area contributed by atoms with Gasteiger partial charge >= 0.3 is 5.97 Å². The minimum atomic E-state index is -0.983. The van der Waals surface area contributed by atoms with E-state index in [0.717, 1.165) is 5.69 Å². The topological polar surface area (TPSA) is 70.3 Å². The normalized spacial score (nSPS) is 17.2. The van der Waals surface area contributed by atoms with E-state index in [1.807, 2.05) is 24.3 Å². The number of morpholine rings is 1. The summed E-state index contributed by atoms with van der Waals surface area (Å²) in [5.74, 6) is -0.983. The van der Waals surface area contributed by atoms with Crippen LogP contribution in [0.15, 0.2) is 48.5 Å². The third kappa shape index (κ3) is 3.45. The van der Waals surface area contributed by atoms with E-state index in [1.165, 1.54) is 0 Å². The molecule has 1 atom stereocenters. The Morgan fingerprint density at radius 3 is 2.50 bits per heavy atom. The van der Waals surface area contributed by atoms with E-state index in [1.54, 1.807) is 24.3 Å². The fraction of sp³-hybridized carbons (Fsp3) is 0.300. The minimum absolute atomic E-state index is 0.235. The van der Waals surface area contributed by atoms with Crippen LogP contribution in [-0.2, 0) is 11.2 Å². The SMILES string of the molecule is N#CC(Cc1ccccc1C(=O)O)[N+]1(c2ccccc2Cl)CCOCC1. The van der Waals surface area contributed by atoms with Crippen LogP contribution in [0.5, 0.6) is 0 Å². The minimum Gasteiger partial charge on any atom is -0.478 e. The second-order valence-electron chi connectivity index (χ2n) is 6.36. The van der Waals surface area contributed by atoms with Crippen molar-refractivity contribution in [1.82, 2.24) is 4.48 Å². The monoisotopic (exact) mass is 371 g/mol. The molecule has 0 aliphatic carbocycles. The fourth-order valence-electron chi connectivity index (χ4n) is 3.65. The molecule has 3 rings (SSSR count). The lowest BCUT2D eigenvalue weighted by Gasteiger charge is -2.44. The van der Waals surface area contributed by atoms with Crippen molar-refractivity contribution in [3.05, 3.63) is 64.7 Å². The first-order valence-electron chi connectivity index (χ1n) is 8.49. The summed E-state index contributed by atoms with van der Waals surface area (Å²) < 4.78 is 5.91. The zero-order valence-electron chi connectivity index (χ0n) is 14.3. The predicted molar refractivity (Wildman–Crippen MR) is 100 cm³/mol. The number of carboxylic acid groups (broad SMARTS) is 1. The predicted octanol–water partition coefficient (Wildman–Crippen LogP) is 3.51. The standard InChI is InChI=1S/C20H19ClN2O3/c21-18-7-3-4-8-19(18)23(9-11-26-12-10-23)16(14-22)13-15-5-1-2-6-17(15)20(24)25/h1-8,16H,9-13H2/p+1. The molecule has 0 saturated carbocycles. The summed E-state index contributed by atoms with van der Waals surface area (Å²) in [6.45, 7) is 2.31. The van der Waals surface area contributed by atoms with E-state index in [9.17, 15) is 15.2 Å². The summed E-state index contributed by atoms with van der Waals surface area (Å²) in [6.07, 6.45) is 0.337. The Hall–Kier alpha value is -2.39. The number of nitrogens with zero attached hydrogens (tertiary/aromatic N) is 2. The Kier molecular flexibility index (Phi) is 5.58. The molecule has 1 saturated heterocycles. The number of nitriles is 1. The van der Waals surface area contributed by atoms with E-state index < -0.39 is 12.0 Å². The highest BCUT2D eigenvalue weighted by Gasteiger charge is 2.43. The van der Waals surface area contributed by atoms with Crippen molar-refractivity contribution in [2.24, 2.45) is 0 Å². The van der Waals surface area contributed by atoms with Gasteiger partial charge in [-0.3, -0.25) is 4.48 Å². The number of carbonyl (C=O) groups is 1. The quantitative estimate of drug-likeness (QED) is 0.816. The van der Waals surface area contributed by atoms with Crippen LogP contribution in [-0.4, -0.2) is 43.4 Å². The van der Waals surface area contributed by atoms with Gasteiger partial charge in [0, 0.05) is 12.5 Å². The average molecular weight is 372 g/mol. The van der Waals surface area contributed by atoms with Crippen LogP contribution in [0, 0.1) is 11.3 Å². The molecule has 26 heavy (non-hydrogen) atoms. The van der Waals surface area contributed by atoms with Crippen molar-refractivity contribution >= 4 is 23.3 Å². The van der Waals surface area contributed by atoms with Gasteiger partial charge in [-0.25, -0.2) is 4.79 Å². The van der Waals surface area contributed by atoms with Crippen molar-refractivity contribution in [1.29, 1.82) is 5.26 Å². The molecule has 1 unspecified atom stereocenters. The molecule has 1 N–H and O–H groups in total. The molecular weight excluding hydrogens is 352 g/mol. The lowest BCUT2D eigenvalue weighted by molar-refractivity contribution is 0.0302. The fourth-order valence-corrected chi connectivity index (χ4v) is 3.95. The number of hydrogen-bond donors (Lipinski definition) is 1. The summed E-state index contributed by atoms with van der Waals surface area (Å²) in [6, 6.07) is 16.4. The second-order valence-corrected chi connectivity index (χ2v) is 6.76. The van der Waals surface area contributed by atoms with Crippen LogP contribution in [0.4, 0.5) is 5.69 Å². The van der Waals surface area contributed by atoms with E-state index in [0.29, 0.717) is 47.8 Å². The molecule has 0 spiro atoms. The first-order valence-corrected chi connectivity index (χ1v) is 8.87. The highest BCUT2D eigenvalue weighted by molar-refractivity contribution is 6.33. The van der Waals surface area contributed by atoms with Crippen LogP contribution >= 0.6 is 11.6 Å². The zero-order chi connectivity index (χ0) is 18.6. The molecule has 2 aromatic carbocycles. The molecule has 1 aliphatic rings. The van der Waals surface area contributed by atoms with E-state index in [4.69, 9.17) is 16.3 Å². The lowest BCUT2D eigenvalue weighted by Crippen LogP contribution is -2.62. The number of para-hydroxylation sites is 1. The first kappa shape index (κ1) is 18.4. The molecule has 1 fully saturated rings. The summed E-state index contributed by atoms with van der Waals surface area (Å²) in [7, 11) is 0. The van der Waals surface area contributed by atoms with Crippen molar-refractivity contribution in [3.63, 3.8) is 0 Å². The van der Waals surface area contributed by atoms with E-state index >= 15 is 0 Å². The van der Waals surface area contributed by atoms with Gasteiger partial charge in [0.2, 0.25) is 0 Å². The van der Waals surface area contributed by atoms with Crippen molar-refractivity contribution in [2.75, 3.05) is 26.3 Å². The Bertz CT molecular complexity index is 841. The Morgan fingerprint density at radius 2 is 1.85 bits per heavy atom. The molecule has 2 aromatic rings. The van der Waals surface area contributed by atoms with Gasteiger partial charge in [0.05, 0.1) is 18.8 Å². The van der Waals surface area contributed by atoms with Crippen LogP contribution < -0.4 is 4.48 Å². The third-order valence-electron chi connectivity index (χ3n) is 5.01. The van der Waals surface area contributed by atoms with Gasteiger partial charge in [0.15, 0.2) is 11.7 Å². The van der Waals surface area contributed by atoms with Crippen LogP contribution in [0.25, 0.3) is 0 Å². The zero-order valence-corrected chi connectivity index (χ0v) is 15.0.